The van der Waals surface area contributed by atoms with E-state index in [2.05, 4.69) is 29.3 Å². The number of benzene rings is 1. The molecule has 0 aliphatic carbocycles. The maximum Gasteiger partial charge on any atom is 0.0936 e. The molecule has 0 amide bonds. The fourth-order valence-electron chi connectivity index (χ4n) is 1.89. The number of rotatable bonds is 2. The van der Waals surface area contributed by atoms with Crippen molar-refractivity contribution >= 4 is 0 Å². The average Bonchev–Trinajstić information content (AvgIpc) is 3.16. The first-order valence-electron chi connectivity index (χ1n) is 6.41. The smallest absolute Gasteiger partial charge is 0.0936 e. The molecule has 1 N–H and O–H groups in total. The second-order valence-electron chi connectivity index (χ2n) is 4.66. The van der Waals surface area contributed by atoms with Gasteiger partial charge in [0.05, 0.1) is 12.7 Å². The molecule has 17 heavy (non-hydrogen) atoms. The van der Waals surface area contributed by atoms with Gasteiger partial charge < -0.3 is 10.1 Å². The lowest BCUT2D eigenvalue weighted by atomic mass is 10.2. The van der Waals surface area contributed by atoms with E-state index in [1.54, 1.807) is 0 Å². The first-order valence-corrected chi connectivity index (χ1v) is 6.41. The fraction of sp³-hybridized carbons (Fsp3) is 0.571. The molecule has 0 saturated carbocycles. The molecule has 0 radical (unpaired) electrons. The van der Waals surface area contributed by atoms with Gasteiger partial charge in [-0.05, 0) is 6.92 Å². The molecule has 1 unspecified atom stereocenters. The molecule has 1 aromatic carbocycles. The van der Waals surface area contributed by atoms with Gasteiger partial charge in [-0.1, -0.05) is 35.9 Å². The Kier molecular flexibility index (Phi) is 4.98. The van der Waals surface area contributed by atoms with Gasteiger partial charge in [0.1, 0.15) is 0 Å². The van der Waals surface area contributed by atoms with E-state index in [4.69, 9.17) is 4.74 Å². The Morgan fingerprint density at radius 2 is 1.88 bits per heavy atom. The van der Waals surface area contributed by atoms with Crippen molar-refractivity contribution in [2.24, 2.45) is 0 Å². The lowest BCUT2D eigenvalue weighted by molar-refractivity contribution is 0.217. The minimum atomic E-state index is 0.568. The second-order valence-corrected chi connectivity index (χ2v) is 4.66. The molecule has 1 aromatic rings. The van der Waals surface area contributed by atoms with Gasteiger partial charge in [-0.2, -0.15) is 0 Å². The second kappa shape index (κ2) is 6.74. The SMILES string of the molecule is C1CN(CC2CO2)CCN1.Cc1ccccc1. The molecule has 3 nitrogen and oxygen atoms in total. The number of aryl methyl sites for hydroxylation is 1. The van der Waals surface area contributed by atoms with E-state index in [-0.39, 0.29) is 0 Å². The van der Waals surface area contributed by atoms with Crippen LogP contribution < -0.4 is 5.32 Å². The molecule has 3 heteroatoms. The third kappa shape index (κ3) is 5.31. The van der Waals surface area contributed by atoms with Gasteiger partial charge in [0.2, 0.25) is 0 Å². The van der Waals surface area contributed by atoms with Crippen LogP contribution in [0.2, 0.25) is 0 Å². The Balaban J connectivity index is 0.000000136. The molecule has 3 rings (SSSR count). The van der Waals surface area contributed by atoms with Gasteiger partial charge >= 0.3 is 0 Å². The van der Waals surface area contributed by atoms with Crippen molar-refractivity contribution in [2.75, 3.05) is 39.3 Å². The van der Waals surface area contributed by atoms with Crippen molar-refractivity contribution < 1.29 is 4.74 Å². The lowest BCUT2D eigenvalue weighted by Gasteiger charge is -2.26. The third-order valence-electron chi connectivity index (χ3n) is 3.01. The van der Waals surface area contributed by atoms with E-state index in [0.717, 1.165) is 26.2 Å². The molecule has 2 heterocycles. The molecule has 94 valence electrons. The molecule has 2 fully saturated rings. The summed E-state index contributed by atoms with van der Waals surface area (Å²) < 4.78 is 5.15. The molecule has 2 aliphatic rings. The highest BCUT2D eigenvalue weighted by Crippen LogP contribution is 2.10. The predicted molar refractivity (Wildman–Crippen MR) is 70.2 cm³/mol. The zero-order chi connectivity index (χ0) is 11.9. The van der Waals surface area contributed by atoms with E-state index >= 15 is 0 Å². The van der Waals surface area contributed by atoms with Crippen LogP contribution in [0.5, 0.6) is 0 Å². The number of hydrogen-bond donors (Lipinski definition) is 1. The van der Waals surface area contributed by atoms with E-state index in [0.29, 0.717) is 6.10 Å². The lowest BCUT2D eigenvalue weighted by Crippen LogP contribution is -2.44. The highest BCUT2D eigenvalue weighted by Gasteiger charge is 2.25. The zero-order valence-corrected chi connectivity index (χ0v) is 10.6. The summed E-state index contributed by atoms with van der Waals surface area (Å²) in [6, 6.07) is 10.3. The van der Waals surface area contributed by atoms with Crippen molar-refractivity contribution in [1.29, 1.82) is 0 Å². The number of nitrogens with zero attached hydrogens (tertiary/aromatic N) is 1. The molecular formula is C14H22N2O. The van der Waals surface area contributed by atoms with Gasteiger partial charge in [0.15, 0.2) is 0 Å². The largest absolute Gasteiger partial charge is 0.372 e. The molecule has 2 aliphatic heterocycles. The highest BCUT2D eigenvalue weighted by molar-refractivity contribution is 5.11. The summed E-state index contributed by atoms with van der Waals surface area (Å²) in [5.41, 5.74) is 1.32. The van der Waals surface area contributed by atoms with E-state index in [1.807, 2.05) is 18.2 Å². The minimum absolute atomic E-state index is 0.568. The van der Waals surface area contributed by atoms with Crippen LogP contribution in [0, 0.1) is 6.92 Å². The average molecular weight is 234 g/mol. The third-order valence-corrected chi connectivity index (χ3v) is 3.01. The summed E-state index contributed by atoms with van der Waals surface area (Å²) in [6.45, 7) is 8.91. The summed E-state index contributed by atoms with van der Waals surface area (Å²) in [4.78, 5) is 2.47. The topological polar surface area (TPSA) is 27.8 Å². The van der Waals surface area contributed by atoms with Crippen molar-refractivity contribution in [3.8, 4) is 0 Å². The van der Waals surface area contributed by atoms with Gasteiger partial charge in [0.25, 0.3) is 0 Å². The first-order chi connectivity index (χ1) is 8.34. The van der Waals surface area contributed by atoms with Crippen molar-refractivity contribution in [1.82, 2.24) is 10.2 Å². The van der Waals surface area contributed by atoms with E-state index < -0.39 is 0 Å². The summed E-state index contributed by atoms with van der Waals surface area (Å²) in [7, 11) is 0. The first kappa shape index (κ1) is 12.6. The Morgan fingerprint density at radius 3 is 2.35 bits per heavy atom. The molecule has 1 atom stereocenters. The van der Waals surface area contributed by atoms with Crippen LogP contribution in [0.15, 0.2) is 30.3 Å². The normalized spacial score (nSPS) is 23.7. The van der Waals surface area contributed by atoms with Crippen LogP contribution in [-0.4, -0.2) is 50.3 Å². The number of ether oxygens (including phenoxy) is 1. The van der Waals surface area contributed by atoms with E-state index in [9.17, 15) is 0 Å². The van der Waals surface area contributed by atoms with Gasteiger partial charge in [0, 0.05) is 32.7 Å². The van der Waals surface area contributed by atoms with Crippen LogP contribution in [0.4, 0.5) is 0 Å². The Labute approximate surface area is 104 Å². The number of piperazine rings is 1. The maximum absolute atomic E-state index is 5.15. The summed E-state index contributed by atoms with van der Waals surface area (Å²) in [5, 5.41) is 3.33. The van der Waals surface area contributed by atoms with Crippen LogP contribution >= 0.6 is 0 Å². The van der Waals surface area contributed by atoms with Crippen LogP contribution in [0.3, 0.4) is 0 Å². The van der Waals surface area contributed by atoms with Gasteiger partial charge in [-0.25, -0.2) is 0 Å². The van der Waals surface area contributed by atoms with Crippen LogP contribution in [0.1, 0.15) is 5.56 Å². The highest BCUT2D eigenvalue weighted by atomic mass is 16.6. The van der Waals surface area contributed by atoms with E-state index in [1.165, 1.54) is 18.7 Å². The molecule has 0 spiro atoms. The van der Waals surface area contributed by atoms with Crippen molar-refractivity contribution in [3.63, 3.8) is 0 Å². The summed E-state index contributed by atoms with van der Waals surface area (Å²) >= 11 is 0. The maximum atomic E-state index is 5.15. The Hall–Kier alpha value is -0.900. The van der Waals surface area contributed by atoms with Crippen molar-refractivity contribution in [2.45, 2.75) is 13.0 Å². The van der Waals surface area contributed by atoms with Crippen LogP contribution in [-0.2, 0) is 4.74 Å². The predicted octanol–water partition coefficient (Wildman–Crippen LogP) is 1.29. The standard InChI is InChI=1S/C7H14N2O.C7H8/c1-3-9(4-2-8-1)5-7-6-10-7;1-7-5-3-2-4-6-7/h7-8H,1-6H2;2-6H,1H3. The van der Waals surface area contributed by atoms with Crippen LogP contribution in [0.25, 0.3) is 0 Å². The quantitative estimate of drug-likeness (QED) is 0.781. The molecule has 0 bridgehead atoms. The number of nitrogens with one attached hydrogen (secondary N) is 1. The summed E-state index contributed by atoms with van der Waals surface area (Å²) in [6.07, 6.45) is 0.568. The van der Waals surface area contributed by atoms with Crippen molar-refractivity contribution in [3.05, 3.63) is 35.9 Å². The van der Waals surface area contributed by atoms with Gasteiger partial charge in [-0.15, -0.1) is 0 Å². The monoisotopic (exact) mass is 234 g/mol. The van der Waals surface area contributed by atoms with Gasteiger partial charge in [-0.3, -0.25) is 4.90 Å². The Morgan fingerprint density at radius 1 is 1.24 bits per heavy atom. The summed E-state index contributed by atoms with van der Waals surface area (Å²) in [5.74, 6) is 0. The minimum Gasteiger partial charge on any atom is -0.372 e. The Bertz CT molecular complexity index is 305. The molecule has 2 saturated heterocycles. The number of epoxide rings is 1. The molecule has 0 aromatic heterocycles. The zero-order valence-electron chi connectivity index (χ0n) is 10.6. The fourth-order valence-corrected chi connectivity index (χ4v) is 1.89. The molecular weight excluding hydrogens is 212 g/mol. The number of hydrogen-bond acceptors (Lipinski definition) is 3.